The van der Waals surface area contributed by atoms with Crippen molar-refractivity contribution in [2.75, 3.05) is 25.6 Å². The number of ether oxygens (including phenoxy) is 3. The number of phosphoric acid groups is 2. The SMILES string of the molecule is CCCCCC/C=C\CCCCCCCCCC(=O)O[C@@H]1COC(=O)CCC/C=C\C[C@H]2C(=O)C[C@@H](O)[C@H](/C=C/[C@@H](O)CCCCC)[C@H](O)[C@H](O)[C@@H](COP(=O)(O)OP(=O)(O)OC1)O[C@H]2n1ccc(N)nc1=O. The van der Waals surface area contributed by atoms with E-state index in [-0.39, 0.29) is 37.9 Å². The Balaban J connectivity index is 1.80. The van der Waals surface area contributed by atoms with Gasteiger partial charge in [-0.3, -0.25) is 28.0 Å². The number of carbonyl (C=O) groups is 3. The minimum absolute atomic E-state index is 0.00955. The number of carbonyl (C=O) groups excluding carboxylic acids is 3. The maximum Gasteiger partial charge on any atom is 0.481 e. The fourth-order valence-corrected chi connectivity index (χ4v) is 10.5. The number of aliphatic hydroxyl groups excluding tert-OH is 4. The fourth-order valence-electron chi connectivity index (χ4n) is 8.35. The summed E-state index contributed by atoms with van der Waals surface area (Å²) in [6.07, 6.45) is 15.3. The van der Waals surface area contributed by atoms with Crippen LogP contribution in [0.25, 0.3) is 0 Å². The third-order valence-corrected chi connectivity index (χ3v) is 15.1. The van der Waals surface area contributed by atoms with Gasteiger partial charge in [0.25, 0.3) is 0 Å². The number of rotatable bonds is 23. The van der Waals surface area contributed by atoms with Crippen molar-refractivity contribution in [2.24, 2.45) is 11.8 Å². The largest absolute Gasteiger partial charge is 0.481 e. The van der Waals surface area contributed by atoms with Crippen LogP contribution in [0.5, 0.6) is 0 Å². The number of nitrogen functional groups attached to an aromatic ring is 1. The number of phosphoric ester groups is 2. The van der Waals surface area contributed by atoms with Crippen molar-refractivity contribution in [1.82, 2.24) is 9.55 Å². The smallest absolute Gasteiger partial charge is 0.462 e. The highest BCUT2D eigenvalue weighted by atomic mass is 31.3. The number of nitrogens with two attached hydrogens (primary N) is 1. The number of aliphatic hydroxyl groups is 4. The number of esters is 2. The van der Waals surface area contributed by atoms with Gasteiger partial charge in [-0.15, -0.1) is 0 Å². The Labute approximate surface area is 429 Å². The molecule has 0 radical (unpaired) electrons. The fraction of sp³-hybridized carbons (Fsp3) is 0.740. The van der Waals surface area contributed by atoms with Gasteiger partial charge in [0.05, 0.1) is 37.4 Å². The lowest BCUT2D eigenvalue weighted by molar-refractivity contribution is -0.183. The van der Waals surface area contributed by atoms with Crippen LogP contribution in [-0.2, 0) is 51.1 Å². The highest BCUT2D eigenvalue weighted by Gasteiger charge is 2.45. The lowest BCUT2D eigenvalue weighted by Crippen LogP contribution is -2.51. The van der Waals surface area contributed by atoms with Crippen LogP contribution < -0.4 is 11.4 Å². The number of fused-ring (bicyclic) bond motifs is 3. The van der Waals surface area contributed by atoms with Crippen molar-refractivity contribution in [3.63, 3.8) is 0 Å². The molecule has 1 fully saturated rings. The van der Waals surface area contributed by atoms with Gasteiger partial charge in [-0.05, 0) is 63.9 Å². The molecule has 416 valence electrons. The first-order valence-corrected chi connectivity index (χ1v) is 29.1. The molecule has 21 nitrogen and oxygen atoms in total. The van der Waals surface area contributed by atoms with Crippen molar-refractivity contribution < 1.29 is 81.3 Å². The average Bonchev–Trinajstić information content (AvgIpc) is 3.33. The molecule has 1 aromatic rings. The highest BCUT2D eigenvalue weighted by molar-refractivity contribution is 7.61. The molecule has 0 saturated carbocycles. The zero-order valence-electron chi connectivity index (χ0n) is 42.6. The number of cyclic esters (lactones) is 1. The van der Waals surface area contributed by atoms with Gasteiger partial charge in [0.1, 0.15) is 36.6 Å². The lowest BCUT2D eigenvalue weighted by atomic mass is 9.83. The van der Waals surface area contributed by atoms with Gasteiger partial charge in [0.2, 0.25) is 0 Å². The van der Waals surface area contributed by atoms with Gasteiger partial charge >= 0.3 is 33.3 Å². The quantitative estimate of drug-likeness (QED) is 0.0243. The summed E-state index contributed by atoms with van der Waals surface area (Å²) in [6, 6.07) is 1.21. The van der Waals surface area contributed by atoms with Gasteiger partial charge in [0.15, 0.2) is 6.10 Å². The van der Waals surface area contributed by atoms with E-state index in [1.54, 1.807) is 12.2 Å². The second kappa shape index (κ2) is 35.0. The summed E-state index contributed by atoms with van der Waals surface area (Å²) in [5.74, 6) is -5.15. The lowest BCUT2D eigenvalue weighted by Gasteiger charge is -2.38. The molecule has 8 N–H and O–H groups in total. The molecule has 0 amide bonds. The molecule has 0 spiro atoms. The summed E-state index contributed by atoms with van der Waals surface area (Å²) < 4.78 is 58.9. The average molecular weight is 1080 g/mol. The van der Waals surface area contributed by atoms with Gasteiger partial charge in [-0.25, -0.2) is 13.9 Å². The maximum atomic E-state index is 14.3. The molecule has 1 saturated heterocycles. The standard InChI is InChI=1S/C50H83N3O18P2/c1-3-5-7-8-9-10-11-12-13-14-15-16-17-18-24-28-46(58)69-38-34-66-45(57)27-23-20-19-22-26-40-42(56)33-41(55)39(30-29-37(54)25-21-6-4-2)47(59)48(60)43(36-68-73(64,65)71-72(62,63)67-35-38)70-49(40)53-32-31-44(51)52-50(53)61/h10-11,19,22,29-32,37-41,43,47-49,54-55,59-60H,3-9,12-18,20-21,23-28,33-36H2,1-2H3,(H,62,63)(H,64,65)(H2,51,52,61)/b11-10-,22-19-,30-29+/t37-,38+,39-,40-,41+,43+,47-,48+,49+/m0/s1. The minimum Gasteiger partial charge on any atom is -0.462 e. The molecule has 2 unspecified atom stereocenters. The van der Waals surface area contributed by atoms with E-state index in [4.69, 9.17) is 29.0 Å². The number of ketones is 1. The topological polar surface area (TPSA) is 323 Å². The number of aromatic nitrogens is 2. The molecule has 73 heavy (non-hydrogen) atoms. The molecule has 2 aliphatic heterocycles. The Morgan fingerprint density at radius 3 is 2.16 bits per heavy atom. The van der Waals surface area contributed by atoms with E-state index in [0.717, 1.165) is 75.0 Å². The molecule has 0 aromatic carbocycles. The number of unbranched alkanes of at least 4 members (excludes halogenated alkanes) is 13. The first-order chi connectivity index (χ1) is 34.9. The zero-order valence-corrected chi connectivity index (χ0v) is 44.4. The number of anilines is 1. The zero-order chi connectivity index (χ0) is 53.7. The Kier molecular flexibility index (Phi) is 30.6. The molecule has 2 bridgehead atoms. The van der Waals surface area contributed by atoms with E-state index in [1.165, 1.54) is 43.9 Å². The van der Waals surface area contributed by atoms with Crippen LogP contribution in [0.4, 0.5) is 5.82 Å². The molecule has 0 aliphatic carbocycles. The van der Waals surface area contributed by atoms with Gasteiger partial charge in [0, 0.05) is 31.4 Å². The van der Waals surface area contributed by atoms with Gasteiger partial charge < -0.3 is 50.2 Å². The summed E-state index contributed by atoms with van der Waals surface area (Å²) in [4.78, 5) is 78.4. The molecular weight excluding hydrogens is 993 g/mol. The molecule has 2 aliphatic rings. The number of nitrogens with zero attached hydrogens (tertiary/aromatic N) is 2. The second-order valence-corrected chi connectivity index (χ2v) is 21.8. The first-order valence-electron chi connectivity index (χ1n) is 26.1. The summed E-state index contributed by atoms with van der Waals surface area (Å²) in [7, 11) is -11.3. The third kappa shape index (κ3) is 25.8. The molecular formula is C50H83N3O18P2. The first kappa shape index (κ1) is 63.9. The van der Waals surface area contributed by atoms with Crippen LogP contribution >= 0.6 is 15.6 Å². The van der Waals surface area contributed by atoms with Crippen LogP contribution in [0.15, 0.2) is 53.5 Å². The van der Waals surface area contributed by atoms with Crippen molar-refractivity contribution in [3.05, 3.63) is 59.2 Å². The molecule has 3 heterocycles. The normalized spacial score (nSPS) is 29.6. The third-order valence-electron chi connectivity index (χ3n) is 12.5. The predicted molar refractivity (Wildman–Crippen MR) is 271 cm³/mol. The number of hydrogen-bond donors (Lipinski definition) is 7. The van der Waals surface area contributed by atoms with Gasteiger partial charge in [-0.1, -0.05) is 121 Å². The van der Waals surface area contributed by atoms with E-state index < -0.39 is 120 Å². The van der Waals surface area contributed by atoms with Crippen LogP contribution in [0.1, 0.15) is 168 Å². The van der Waals surface area contributed by atoms with E-state index in [1.807, 2.05) is 6.92 Å². The Morgan fingerprint density at radius 1 is 0.863 bits per heavy atom. The minimum atomic E-state index is -5.73. The van der Waals surface area contributed by atoms with E-state index >= 15 is 0 Å². The van der Waals surface area contributed by atoms with Crippen LogP contribution in [0, 0.1) is 11.8 Å². The van der Waals surface area contributed by atoms with E-state index in [2.05, 4.69) is 28.4 Å². The molecule has 11 atom stereocenters. The highest BCUT2D eigenvalue weighted by Crippen LogP contribution is 2.60. The summed E-state index contributed by atoms with van der Waals surface area (Å²) in [6.45, 7) is 1.41. The van der Waals surface area contributed by atoms with Crippen molar-refractivity contribution in [1.29, 1.82) is 0 Å². The Hall–Kier alpha value is -3.43. The van der Waals surface area contributed by atoms with Crippen molar-refractivity contribution in [3.8, 4) is 0 Å². The molecule has 3 rings (SSSR count). The Bertz CT molecular complexity index is 2040. The number of Topliss-reactive ketones (excluding diaryl/α,β-unsaturated/α-hetero) is 1. The number of allylic oxidation sites excluding steroid dienone is 4. The van der Waals surface area contributed by atoms with Gasteiger partial charge in [-0.2, -0.15) is 9.29 Å². The summed E-state index contributed by atoms with van der Waals surface area (Å²) in [5.41, 5.74) is 4.72. The number of hydrogen-bond acceptors (Lipinski definition) is 18. The van der Waals surface area contributed by atoms with Crippen LogP contribution in [0.2, 0.25) is 0 Å². The Morgan fingerprint density at radius 2 is 1.49 bits per heavy atom. The maximum absolute atomic E-state index is 14.3. The van der Waals surface area contributed by atoms with E-state index in [0.29, 0.717) is 19.3 Å². The van der Waals surface area contributed by atoms with E-state index in [9.17, 15) is 58.5 Å². The van der Waals surface area contributed by atoms with Crippen LogP contribution in [0.3, 0.4) is 0 Å². The van der Waals surface area contributed by atoms with Crippen molar-refractivity contribution >= 4 is 39.2 Å². The monoisotopic (exact) mass is 1080 g/mol. The van der Waals surface area contributed by atoms with Crippen LogP contribution in [-0.4, -0.2) is 114 Å². The summed E-state index contributed by atoms with van der Waals surface area (Å²) in [5, 5.41) is 45.5. The summed E-state index contributed by atoms with van der Waals surface area (Å²) >= 11 is 0. The predicted octanol–water partition coefficient (Wildman–Crippen LogP) is 7.37. The second-order valence-electron chi connectivity index (χ2n) is 18.8. The molecule has 23 heteroatoms. The van der Waals surface area contributed by atoms with Crippen molar-refractivity contribution in [2.45, 2.75) is 204 Å². The molecule has 1 aromatic heterocycles.